The minimum atomic E-state index is -4.82. The Labute approximate surface area is 452 Å². The fraction of sp³-hybridized carbons (Fsp3) is 0.902. The number of hydroxylamine groups is 4. The number of ether oxygens (including phenoxy) is 1. The lowest BCUT2D eigenvalue weighted by Gasteiger charge is -2.52. The molecule has 7 amide bonds. The fourth-order valence-corrected chi connectivity index (χ4v) is 13.7. The van der Waals surface area contributed by atoms with Crippen molar-refractivity contribution in [2.75, 3.05) is 65.4 Å². The second-order valence-corrected chi connectivity index (χ2v) is 26.1. The topological polar surface area (TPSA) is 274 Å². The van der Waals surface area contributed by atoms with Crippen molar-refractivity contribution in [1.82, 2.24) is 40.8 Å². The number of hydrogen-bond donors (Lipinski definition) is 5. The maximum absolute atomic E-state index is 12.9. The van der Waals surface area contributed by atoms with Crippen molar-refractivity contribution in [3.05, 3.63) is 0 Å². The van der Waals surface area contributed by atoms with Crippen LogP contribution in [0.5, 0.6) is 0 Å². The van der Waals surface area contributed by atoms with Gasteiger partial charge >= 0.3 is 39.0 Å². The largest absolute Gasteiger partial charge is 0.444 e. The van der Waals surface area contributed by atoms with Gasteiger partial charge < -0.3 is 39.9 Å². The zero-order valence-electron chi connectivity index (χ0n) is 46.5. The lowest BCUT2D eigenvalue weighted by atomic mass is 9.60. The van der Waals surface area contributed by atoms with Gasteiger partial charge in [-0.15, -0.1) is 8.57 Å². The van der Waals surface area contributed by atoms with Crippen molar-refractivity contribution < 1.29 is 67.7 Å². The second-order valence-electron chi connectivity index (χ2n) is 24.1. The van der Waals surface area contributed by atoms with Crippen molar-refractivity contribution in [2.24, 2.45) is 10.8 Å². The molecule has 8 aliphatic rings. The van der Waals surface area contributed by atoms with Gasteiger partial charge in [0.05, 0.1) is 38.3 Å². The monoisotopic (exact) mass is 1120 g/mol. The molecule has 436 valence electrons. The normalized spacial score (nSPS) is 26.0. The smallest absolute Gasteiger partial charge is 0.418 e. The predicted octanol–water partition coefficient (Wildman–Crippen LogP) is 5.93. The average Bonchev–Trinajstić information content (AvgIpc) is 3.70. The van der Waals surface area contributed by atoms with Gasteiger partial charge in [0.1, 0.15) is 17.7 Å². The highest BCUT2D eigenvalue weighted by atomic mass is 32.3. The molecule has 0 aromatic heterocycles. The van der Waals surface area contributed by atoms with E-state index in [1.54, 1.807) is 4.90 Å². The van der Waals surface area contributed by atoms with E-state index in [9.17, 15) is 40.8 Å². The molecule has 0 aromatic carbocycles. The first-order chi connectivity index (χ1) is 35.8. The van der Waals surface area contributed by atoms with E-state index in [1.807, 2.05) is 20.8 Å². The van der Waals surface area contributed by atoms with Gasteiger partial charge in [-0.05, 0) is 147 Å². The summed E-state index contributed by atoms with van der Waals surface area (Å²) in [5.41, 5.74) is -0.0639. The lowest BCUT2D eigenvalue weighted by Crippen LogP contribution is -2.59. The zero-order chi connectivity index (χ0) is 55.7. The third-order valence-electron chi connectivity index (χ3n) is 17.1. The molecular weight excluding hydrogens is 1030 g/mol. The summed E-state index contributed by atoms with van der Waals surface area (Å²) in [6.45, 7) is 24.2. The van der Waals surface area contributed by atoms with Crippen LogP contribution in [0.1, 0.15) is 177 Å². The molecule has 0 aromatic rings. The molecule has 2 spiro atoms. The van der Waals surface area contributed by atoms with Crippen LogP contribution in [0.15, 0.2) is 0 Å². The standard InChI is InChI=1S/C20H32N4O8S.C16H36N.C15H24N4O6S/c1-19(2,3)31-18(27)22-8-6-20(7-9-22)10-13(11-20)21-16(25)15-5-4-14-12-23(15)17(26)24(14)32-33(28,29)30;1-5-9-13-17(14-10-6-2,15-11-7-3)16-12-8-4;20-13(17-10-7-15(8-10)3-5-16-6-4-15)12-2-1-11-9-18(12)14(21)19(11)25-26(22,23)24/h13-15H,4-12H2,1-3H3,(H,21,25)(H,28,29,30);5-16H2,1-4H3;10-12,16H,1-9H2,(H,17,20)(H,22,23,24)/q;+1;/t14-,15+;;11-,12+/m1.1/s1. The van der Waals surface area contributed by atoms with Crippen LogP contribution in [0.25, 0.3) is 0 Å². The fourth-order valence-electron chi connectivity index (χ4n) is 12.9. The minimum Gasteiger partial charge on any atom is -0.444 e. The zero-order valence-corrected chi connectivity index (χ0v) is 48.1. The number of nitrogens with one attached hydrogen (secondary N) is 3. The third-order valence-corrected chi connectivity index (χ3v) is 17.8. The molecule has 8 rings (SSSR count). The highest BCUT2D eigenvalue weighted by Crippen LogP contribution is 2.50. The first-order valence-corrected chi connectivity index (χ1v) is 31.2. The molecule has 6 aliphatic heterocycles. The number of carbonyl (C=O) groups excluding carboxylic acids is 5. The van der Waals surface area contributed by atoms with Crippen LogP contribution in [0.3, 0.4) is 0 Å². The Morgan fingerprint density at radius 1 is 0.632 bits per heavy atom. The number of hydrogen-bond acceptors (Lipinski definition) is 13. The Bertz CT molecular complexity index is 2170. The summed E-state index contributed by atoms with van der Waals surface area (Å²) in [6, 6.07) is -3.62. The van der Waals surface area contributed by atoms with Crippen LogP contribution in [-0.4, -0.2) is 193 Å². The van der Waals surface area contributed by atoms with Crippen LogP contribution in [0.4, 0.5) is 14.4 Å². The number of rotatable bonds is 20. The molecule has 76 heavy (non-hydrogen) atoms. The maximum Gasteiger partial charge on any atom is 0.418 e. The lowest BCUT2D eigenvalue weighted by molar-refractivity contribution is -0.929. The van der Waals surface area contributed by atoms with E-state index < -0.39 is 62.6 Å². The van der Waals surface area contributed by atoms with Gasteiger partial charge in [0.15, 0.2) is 0 Å². The van der Waals surface area contributed by atoms with Gasteiger partial charge in [-0.25, -0.2) is 14.4 Å². The molecule has 6 saturated heterocycles. The van der Waals surface area contributed by atoms with Crippen LogP contribution in [0, 0.1) is 10.8 Å². The molecule has 0 radical (unpaired) electrons. The van der Waals surface area contributed by atoms with Gasteiger partial charge in [0.2, 0.25) is 11.8 Å². The highest BCUT2D eigenvalue weighted by Gasteiger charge is 2.53. The first kappa shape index (κ1) is 61.6. The van der Waals surface area contributed by atoms with Crippen molar-refractivity contribution >= 4 is 50.8 Å². The van der Waals surface area contributed by atoms with Crippen molar-refractivity contribution in [2.45, 2.75) is 219 Å². The molecule has 2 saturated carbocycles. The van der Waals surface area contributed by atoms with Gasteiger partial charge in [0, 0.05) is 38.3 Å². The van der Waals surface area contributed by atoms with E-state index >= 15 is 0 Å². The molecule has 0 unspecified atom stereocenters. The average molecular weight is 1120 g/mol. The summed E-state index contributed by atoms with van der Waals surface area (Å²) in [5, 5.41) is 10.7. The SMILES string of the molecule is CC(C)(C)OC(=O)N1CCC2(CC1)CC(NC(=O)[C@@H]1CC[C@@H]3CN1C(=O)N3OS(=O)(=O)O)C2.CCCC[N+](CCCC)(CCCC)CCCC.O=C(NC1CC2(CCNCC2)C1)[C@@H]1CC[C@@H]2CN1C(=O)N2OS(=O)(=O)O. The summed E-state index contributed by atoms with van der Waals surface area (Å²) in [5.74, 6) is -0.458. The van der Waals surface area contributed by atoms with Crippen LogP contribution in [-0.2, 0) is 43.7 Å². The number of amides is 7. The van der Waals surface area contributed by atoms with Crippen molar-refractivity contribution in [1.29, 1.82) is 0 Å². The number of piperidine rings is 4. The maximum atomic E-state index is 12.9. The quantitative estimate of drug-likeness (QED) is 0.0699. The van der Waals surface area contributed by atoms with Crippen molar-refractivity contribution in [3.8, 4) is 0 Å². The Morgan fingerprint density at radius 3 is 1.34 bits per heavy atom. The van der Waals surface area contributed by atoms with Gasteiger partial charge in [-0.1, -0.05) is 53.4 Å². The molecule has 5 N–H and O–H groups in total. The van der Waals surface area contributed by atoms with E-state index in [-0.39, 0.29) is 48.5 Å². The van der Waals surface area contributed by atoms with Gasteiger partial charge in [-0.2, -0.15) is 27.0 Å². The Hall–Kier alpha value is -3.59. The summed E-state index contributed by atoms with van der Waals surface area (Å²) in [7, 11) is -9.59. The predicted molar refractivity (Wildman–Crippen MR) is 282 cm³/mol. The number of urea groups is 2. The summed E-state index contributed by atoms with van der Waals surface area (Å²) >= 11 is 0. The Balaban J connectivity index is 0.000000195. The number of fused-ring (bicyclic) bond motifs is 4. The second kappa shape index (κ2) is 26.1. The number of quaternary nitrogens is 1. The van der Waals surface area contributed by atoms with E-state index in [1.165, 1.54) is 91.8 Å². The van der Waals surface area contributed by atoms with E-state index in [0.717, 1.165) is 64.5 Å². The minimum absolute atomic E-state index is 0.00572. The molecule has 4 bridgehead atoms. The Morgan fingerprint density at radius 2 is 1.00 bits per heavy atom. The molecule has 25 heteroatoms. The number of unbranched alkanes of at least 4 members (excludes halogenated alkanes) is 4. The van der Waals surface area contributed by atoms with Gasteiger partial charge in [0.25, 0.3) is 0 Å². The third kappa shape index (κ3) is 16.5. The van der Waals surface area contributed by atoms with Gasteiger partial charge in [-0.3, -0.25) is 18.7 Å². The molecule has 6 heterocycles. The van der Waals surface area contributed by atoms with Crippen LogP contribution >= 0.6 is 0 Å². The molecule has 2 aliphatic carbocycles. The first-order valence-electron chi connectivity index (χ1n) is 28.4. The molecule has 4 atom stereocenters. The molecular formula is C51H92N9O14S2+. The van der Waals surface area contributed by atoms with Crippen LogP contribution < -0.4 is 16.0 Å². The van der Waals surface area contributed by atoms with Crippen LogP contribution in [0.2, 0.25) is 0 Å². The number of likely N-dealkylation sites (tertiary alicyclic amines) is 1. The number of nitrogens with zero attached hydrogens (tertiary/aromatic N) is 6. The van der Waals surface area contributed by atoms with E-state index in [4.69, 9.17) is 13.8 Å². The number of carbonyl (C=O) groups is 5. The van der Waals surface area contributed by atoms with Crippen molar-refractivity contribution in [3.63, 3.8) is 0 Å². The summed E-state index contributed by atoms with van der Waals surface area (Å²) < 4.78 is 77.2. The Kier molecular flexibility index (Phi) is 21.2. The molecule has 8 fully saturated rings. The molecule has 23 nitrogen and oxygen atoms in total. The van der Waals surface area contributed by atoms with E-state index in [0.29, 0.717) is 54.3 Å². The highest BCUT2D eigenvalue weighted by molar-refractivity contribution is 7.81. The summed E-state index contributed by atoms with van der Waals surface area (Å²) in [4.78, 5) is 67.0. The summed E-state index contributed by atoms with van der Waals surface area (Å²) in [6.07, 6.45) is 20.0. The van der Waals surface area contributed by atoms with E-state index in [2.05, 4.69) is 52.2 Å².